The quantitative estimate of drug-likeness (QED) is 0.820. The number of aliphatic hydroxyl groups is 1. The van der Waals surface area contributed by atoms with Gasteiger partial charge in [0.25, 0.3) is 0 Å². The maximum atomic E-state index is 12.5. The fourth-order valence-electron chi connectivity index (χ4n) is 3.02. The molecule has 1 aliphatic rings. The predicted molar refractivity (Wildman–Crippen MR) is 98.6 cm³/mol. The largest absolute Gasteiger partial charge is 0.459 e. The summed E-state index contributed by atoms with van der Waals surface area (Å²) in [5.74, 6) is -0.533. The third-order valence-electron chi connectivity index (χ3n) is 4.51. The van der Waals surface area contributed by atoms with Gasteiger partial charge < -0.3 is 14.6 Å². The topological polar surface area (TPSA) is 76.1 Å². The maximum absolute atomic E-state index is 12.5. The monoisotopic (exact) mass is 369 g/mol. The standard InChI is InChI=1S/C21H23NO5/c23-18-11-12-22(21(25)27-15-17-9-5-2-6-10-17)19(13-18)20(24)26-14-16-7-3-1-4-8-16/h1-10,18-19,23H,11-15H2/t18-,19+/m1/s1. The van der Waals surface area contributed by atoms with E-state index in [1.165, 1.54) is 4.90 Å². The van der Waals surface area contributed by atoms with Gasteiger partial charge in [0, 0.05) is 13.0 Å². The van der Waals surface area contributed by atoms with Crippen LogP contribution in [0.2, 0.25) is 0 Å². The number of likely N-dealkylation sites (tertiary alicyclic amines) is 1. The van der Waals surface area contributed by atoms with Gasteiger partial charge in [0.2, 0.25) is 0 Å². The Morgan fingerprint density at radius 3 is 2.07 bits per heavy atom. The van der Waals surface area contributed by atoms with Crippen LogP contribution in [0.25, 0.3) is 0 Å². The van der Waals surface area contributed by atoms with E-state index in [4.69, 9.17) is 9.47 Å². The number of nitrogens with zero attached hydrogens (tertiary/aromatic N) is 1. The number of carbonyl (C=O) groups excluding carboxylic acids is 2. The van der Waals surface area contributed by atoms with Crippen molar-refractivity contribution in [3.8, 4) is 0 Å². The summed E-state index contributed by atoms with van der Waals surface area (Å²) in [7, 11) is 0. The van der Waals surface area contributed by atoms with Gasteiger partial charge in [-0.1, -0.05) is 60.7 Å². The number of benzene rings is 2. The molecule has 2 aromatic carbocycles. The molecule has 0 unspecified atom stereocenters. The van der Waals surface area contributed by atoms with Gasteiger partial charge in [-0.2, -0.15) is 0 Å². The number of rotatable bonds is 5. The Hall–Kier alpha value is -2.86. The van der Waals surface area contributed by atoms with E-state index in [0.29, 0.717) is 6.42 Å². The molecule has 1 fully saturated rings. The number of hydrogen-bond donors (Lipinski definition) is 1. The van der Waals surface area contributed by atoms with Crippen molar-refractivity contribution in [1.82, 2.24) is 4.90 Å². The molecule has 0 aromatic heterocycles. The van der Waals surface area contributed by atoms with Crippen molar-refractivity contribution in [2.24, 2.45) is 0 Å². The van der Waals surface area contributed by atoms with Crippen molar-refractivity contribution < 1.29 is 24.2 Å². The maximum Gasteiger partial charge on any atom is 0.410 e. The van der Waals surface area contributed by atoms with Crippen LogP contribution in [0.4, 0.5) is 4.79 Å². The lowest BCUT2D eigenvalue weighted by Crippen LogP contribution is -2.52. The number of esters is 1. The smallest absolute Gasteiger partial charge is 0.410 e. The molecular weight excluding hydrogens is 346 g/mol. The zero-order chi connectivity index (χ0) is 19.1. The van der Waals surface area contributed by atoms with E-state index in [2.05, 4.69) is 0 Å². The first kappa shape index (κ1) is 18.9. The number of aliphatic hydroxyl groups excluding tert-OH is 1. The number of piperidine rings is 1. The Balaban J connectivity index is 1.59. The average Bonchev–Trinajstić information content (AvgIpc) is 2.71. The second kappa shape index (κ2) is 9.19. The first-order valence-corrected chi connectivity index (χ1v) is 8.99. The second-order valence-electron chi connectivity index (χ2n) is 6.52. The van der Waals surface area contributed by atoms with Crippen LogP contribution in [0.1, 0.15) is 24.0 Å². The molecule has 27 heavy (non-hydrogen) atoms. The molecule has 2 aromatic rings. The molecule has 0 spiro atoms. The molecule has 6 heteroatoms. The Kier molecular flexibility index (Phi) is 6.44. The van der Waals surface area contributed by atoms with Gasteiger partial charge in [-0.05, 0) is 17.5 Å². The van der Waals surface area contributed by atoms with E-state index in [9.17, 15) is 14.7 Å². The van der Waals surface area contributed by atoms with Gasteiger partial charge in [-0.25, -0.2) is 9.59 Å². The van der Waals surface area contributed by atoms with Gasteiger partial charge in [0.05, 0.1) is 6.10 Å². The zero-order valence-electron chi connectivity index (χ0n) is 15.0. The summed E-state index contributed by atoms with van der Waals surface area (Å²) in [5.41, 5.74) is 1.73. The minimum Gasteiger partial charge on any atom is -0.459 e. The van der Waals surface area contributed by atoms with E-state index in [0.717, 1.165) is 11.1 Å². The predicted octanol–water partition coefficient (Wildman–Crippen LogP) is 2.89. The Labute approximate surface area is 158 Å². The highest BCUT2D eigenvalue weighted by Gasteiger charge is 2.37. The van der Waals surface area contributed by atoms with Crippen molar-refractivity contribution in [1.29, 1.82) is 0 Å². The number of amides is 1. The van der Waals surface area contributed by atoms with Gasteiger partial charge in [-0.3, -0.25) is 4.90 Å². The first-order valence-electron chi connectivity index (χ1n) is 8.99. The van der Waals surface area contributed by atoms with Gasteiger partial charge >= 0.3 is 12.1 Å². The van der Waals surface area contributed by atoms with Crippen LogP contribution in [0.3, 0.4) is 0 Å². The molecule has 1 heterocycles. The van der Waals surface area contributed by atoms with Crippen LogP contribution in [0, 0.1) is 0 Å². The lowest BCUT2D eigenvalue weighted by Gasteiger charge is -2.35. The van der Waals surface area contributed by atoms with Crippen molar-refractivity contribution in [2.75, 3.05) is 6.54 Å². The van der Waals surface area contributed by atoms with E-state index >= 15 is 0 Å². The van der Waals surface area contributed by atoms with Gasteiger partial charge in [-0.15, -0.1) is 0 Å². The highest BCUT2D eigenvalue weighted by molar-refractivity contribution is 5.81. The molecule has 1 aliphatic heterocycles. The van der Waals surface area contributed by atoms with Crippen LogP contribution >= 0.6 is 0 Å². The summed E-state index contributed by atoms with van der Waals surface area (Å²) < 4.78 is 10.7. The molecule has 1 saturated heterocycles. The first-order chi connectivity index (χ1) is 13.1. The third-order valence-corrected chi connectivity index (χ3v) is 4.51. The Bertz CT molecular complexity index is 750. The summed E-state index contributed by atoms with van der Waals surface area (Å²) >= 11 is 0. The van der Waals surface area contributed by atoms with E-state index in [1.54, 1.807) is 0 Å². The minimum absolute atomic E-state index is 0.124. The van der Waals surface area contributed by atoms with Gasteiger partial charge in [0.15, 0.2) is 0 Å². The summed E-state index contributed by atoms with van der Waals surface area (Å²) in [6, 6.07) is 17.8. The van der Waals surface area contributed by atoms with Crippen molar-refractivity contribution in [3.63, 3.8) is 0 Å². The number of hydrogen-bond acceptors (Lipinski definition) is 5. The molecule has 2 atom stereocenters. The summed E-state index contributed by atoms with van der Waals surface area (Å²) in [6.45, 7) is 0.504. The molecular formula is C21H23NO5. The second-order valence-corrected chi connectivity index (χ2v) is 6.52. The average molecular weight is 369 g/mol. The van der Waals surface area contributed by atoms with E-state index in [1.807, 2.05) is 60.7 Å². The third kappa shape index (κ3) is 5.31. The van der Waals surface area contributed by atoms with Crippen molar-refractivity contribution >= 4 is 12.1 Å². The molecule has 1 amide bonds. The molecule has 1 N–H and O–H groups in total. The highest BCUT2D eigenvalue weighted by Crippen LogP contribution is 2.21. The van der Waals surface area contributed by atoms with E-state index in [-0.39, 0.29) is 26.2 Å². The Morgan fingerprint density at radius 1 is 0.926 bits per heavy atom. The van der Waals surface area contributed by atoms with Gasteiger partial charge in [0.1, 0.15) is 19.3 Å². The molecule has 0 aliphatic carbocycles. The molecule has 0 radical (unpaired) electrons. The van der Waals surface area contributed by atoms with Crippen LogP contribution < -0.4 is 0 Å². The molecule has 0 saturated carbocycles. The fourth-order valence-corrected chi connectivity index (χ4v) is 3.02. The fraction of sp³-hybridized carbons (Fsp3) is 0.333. The lowest BCUT2D eigenvalue weighted by molar-refractivity contribution is -0.153. The lowest BCUT2D eigenvalue weighted by atomic mass is 10.00. The van der Waals surface area contributed by atoms with Crippen LogP contribution in [0.15, 0.2) is 60.7 Å². The molecule has 6 nitrogen and oxygen atoms in total. The van der Waals surface area contributed by atoms with Crippen LogP contribution in [0.5, 0.6) is 0 Å². The van der Waals surface area contributed by atoms with Crippen LogP contribution in [-0.4, -0.2) is 40.8 Å². The zero-order valence-corrected chi connectivity index (χ0v) is 15.0. The molecule has 3 rings (SSSR count). The molecule has 142 valence electrons. The normalized spacial score (nSPS) is 19.4. The van der Waals surface area contributed by atoms with Crippen molar-refractivity contribution in [2.45, 2.75) is 38.2 Å². The number of carbonyl (C=O) groups is 2. The summed E-state index contributed by atoms with van der Waals surface area (Å²) in [6.07, 6.45) is -0.665. The Morgan fingerprint density at radius 2 is 1.48 bits per heavy atom. The number of ether oxygens (including phenoxy) is 2. The minimum atomic E-state index is -0.847. The highest BCUT2D eigenvalue weighted by atomic mass is 16.6. The summed E-state index contributed by atoms with van der Waals surface area (Å²) in [4.78, 5) is 26.4. The van der Waals surface area contributed by atoms with Crippen LogP contribution in [-0.2, 0) is 27.5 Å². The SMILES string of the molecule is O=C(OCc1ccccc1)[C@@H]1C[C@H](O)CCN1C(=O)OCc1ccccc1. The van der Waals surface area contributed by atoms with Crippen molar-refractivity contribution in [3.05, 3.63) is 71.8 Å². The summed E-state index contributed by atoms with van der Waals surface area (Å²) in [5, 5.41) is 9.93. The van der Waals surface area contributed by atoms with E-state index < -0.39 is 24.2 Å². The molecule has 0 bridgehead atoms.